The number of anilines is 1. The van der Waals surface area contributed by atoms with Crippen LogP contribution in [0.1, 0.15) is 43.5 Å². The number of amides is 1. The van der Waals surface area contributed by atoms with Crippen LogP contribution in [-0.4, -0.2) is 31.7 Å². The molecule has 22 heavy (non-hydrogen) atoms. The highest BCUT2D eigenvalue weighted by atomic mass is 16.5. The fourth-order valence-corrected chi connectivity index (χ4v) is 2.26. The lowest BCUT2D eigenvalue weighted by Crippen LogP contribution is -2.51. The molecule has 0 spiro atoms. The number of esters is 1. The van der Waals surface area contributed by atoms with Crippen molar-refractivity contribution in [1.29, 1.82) is 0 Å². The van der Waals surface area contributed by atoms with E-state index in [1.54, 1.807) is 24.3 Å². The second-order valence-electron chi connectivity index (χ2n) is 5.62. The van der Waals surface area contributed by atoms with Crippen molar-refractivity contribution in [3.63, 3.8) is 0 Å². The molecule has 1 saturated heterocycles. The van der Waals surface area contributed by atoms with Gasteiger partial charge in [0.05, 0.1) is 36.5 Å². The van der Waals surface area contributed by atoms with Crippen LogP contribution in [0, 0.1) is 5.41 Å². The normalized spacial score (nSPS) is 15.7. The Morgan fingerprint density at radius 3 is 2.59 bits per heavy atom. The Kier molecular flexibility index (Phi) is 5.55. The van der Waals surface area contributed by atoms with Gasteiger partial charge in [0.2, 0.25) is 5.91 Å². The first-order valence-electron chi connectivity index (χ1n) is 7.78. The molecule has 1 N–H and O–H groups in total. The van der Waals surface area contributed by atoms with Crippen LogP contribution in [0.15, 0.2) is 24.3 Å². The van der Waals surface area contributed by atoms with Gasteiger partial charge in [-0.05, 0) is 25.0 Å². The molecule has 0 atom stereocenters. The largest absolute Gasteiger partial charge is 0.462 e. The molecule has 1 fully saturated rings. The number of rotatable bonds is 7. The molecule has 5 heteroatoms. The SMILES string of the molecule is CCCCOC(=O)c1ccccc1NC(=O)C1(CC)COC1. The fraction of sp³-hybridized carbons (Fsp3) is 0.529. The number of ether oxygens (including phenoxy) is 2. The zero-order valence-electron chi connectivity index (χ0n) is 13.2. The standard InChI is InChI=1S/C17H23NO4/c1-3-5-10-22-15(19)13-8-6-7-9-14(13)18-16(20)17(4-2)11-21-12-17/h6-9H,3-5,10-12H2,1-2H3,(H,18,20). The first-order chi connectivity index (χ1) is 10.6. The Morgan fingerprint density at radius 1 is 1.27 bits per heavy atom. The van der Waals surface area contributed by atoms with Gasteiger partial charge in [0.15, 0.2) is 0 Å². The fourth-order valence-electron chi connectivity index (χ4n) is 2.26. The van der Waals surface area contributed by atoms with Crippen molar-refractivity contribution in [1.82, 2.24) is 0 Å². The monoisotopic (exact) mass is 305 g/mol. The van der Waals surface area contributed by atoms with Crippen LogP contribution >= 0.6 is 0 Å². The second kappa shape index (κ2) is 7.40. The van der Waals surface area contributed by atoms with Gasteiger partial charge in [-0.3, -0.25) is 4.79 Å². The van der Waals surface area contributed by atoms with Gasteiger partial charge < -0.3 is 14.8 Å². The highest BCUT2D eigenvalue weighted by molar-refractivity contribution is 6.03. The summed E-state index contributed by atoms with van der Waals surface area (Å²) in [5, 5.41) is 2.86. The minimum Gasteiger partial charge on any atom is -0.462 e. The molecule has 0 aliphatic carbocycles. The third kappa shape index (κ3) is 3.47. The van der Waals surface area contributed by atoms with E-state index in [0.29, 0.717) is 37.5 Å². The molecule has 1 aliphatic rings. The van der Waals surface area contributed by atoms with Crippen molar-refractivity contribution in [2.45, 2.75) is 33.1 Å². The van der Waals surface area contributed by atoms with E-state index in [1.165, 1.54) is 0 Å². The van der Waals surface area contributed by atoms with Gasteiger partial charge in [0.25, 0.3) is 0 Å². The number of unbranched alkanes of at least 4 members (excludes halogenated alkanes) is 1. The summed E-state index contributed by atoms with van der Waals surface area (Å²) >= 11 is 0. The molecule has 1 amide bonds. The number of hydrogen-bond donors (Lipinski definition) is 1. The number of carbonyl (C=O) groups excluding carboxylic acids is 2. The topological polar surface area (TPSA) is 64.6 Å². The molecule has 5 nitrogen and oxygen atoms in total. The maximum absolute atomic E-state index is 12.4. The Hall–Kier alpha value is -1.88. The average Bonchev–Trinajstić information content (AvgIpc) is 2.47. The van der Waals surface area contributed by atoms with Crippen LogP contribution in [-0.2, 0) is 14.3 Å². The third-order valence-electron chi connectivity index (χ3n) is 4.04. The predicted octanol–water partition coefficient (Wildman–Crippen LogP) is 3.01. The van der Waals surface area contributed by atoms with Gasteiger partial charge in [0.1, 0.15) is 0 Å². The molecule has 1 heterocycles. The number of hydrogen-bond acceptors (Lipinski definition) is 4. The van der Waals surface area contributed by atoms with Crippen molar-refractivity contribution in [2.75, 3.05) is 25.1 Å². The summed E-state index contributed by atoms with van der Waals surface area (Å²) in [6.45, 7) is 5.25. The van der Waals surface area contributed by atoms with E-state index in [2.05, 4.69) is 5.32 Å². The van der Waals surface area contributed by atoms with Gasteiger partial charge in [0, 0.05) is 0 Å². The van der Waals surface area contributed by atoms with Crippen LogP contribution in [0.4, 0.5) is 5.69 Å². The lowest BCUT2D eigenvalue weighted by atomic mass is 9.82. The molecule has 0 aromatic heterocycles. The first kappa shape index (κ1) is 16.5. The molecule has 120 valence electrons. The molecule has 1 aromatic carbocycles. The maximum atomic E-state index is 12.4. The summed E-state index contributed by atoms with van der Waals surface area (Å²) in [4.78, 5) is 24.6. The Balaban J connectivity index is 2.08. The van der Waals surface area contributed by atoms with E-state index in [9.17, 15) is 9.59 Å². The van der Waals surface area contributed by atoms with Crippen molar-refractivity contribution < 1.29 is 19.1 Å². The summed E-state index contributed by atoms with van der Waals surface area (Å²) in [5.74, 6) is -0.505. The molecule has 0 bridgehead atoms. The van der Waals surface area contributed by atoms with Crippen molar-refractivity contribution in [3.8, 4) is 0 Å². The van der Waals surface area contributed by atoms with Crippen LogP contribution in [0.2, 0.25) is 0 Å². The lowest BCUT2D eigenvalue weighted by molar-refractivity contribution is -0.156. The molecule has 1 aromatic rings. The van der Waals surface area contributed by atoms with Crippen LogP contribution in [0.3, 0.4) is 0 Å². The number of carbonyl (C=O) groups is 2. The van der Waals surface area contributed by atoms with E-state index < -0.39 is 11.4 Å². The number of para-hydroxylation sites is 1. The average molecular weight is 305 g/mol. The van der Waals surface area contributed by atoms with E-state index >= 15 is 0 Å². The summed E-state index contributed by atoms with van der Waals surface area (Å²) in [6, 6.07) is 6.93. The molecule has 0 radical (unpaired) electrons. The minimum absolute atomic E-state index is 0.102. The van der Waals surface area contributed by atoms with E-state index in [1.807, 2.05) is 13.8 Å². The van der Waals surface area contributed by atoms with Crippen molar-refractivity contribution in [3.05, 3.63) is 29.8 Å². The van der Waals surface area contributed by atoms with E-state index in [4.69, 9.17) is 9.47 Å². The third-order valence-corrected chi connectivity index (χ3v) is 4.04. The van der Waals surface area contributed by atoms with Gasteiger partial charge in [-0.25, -0.2) is 4.79 Å². The Bertz CT molecular complexity index is 532. The van der Waals surface area contributed by atoms with Crippen LogP contribution in [0.25, 0.3) is 0 Å². The molecule has 2 rings (SSSR count). The molecule has 1 aliphatic heterocycles. The Morgan fingerprint density at radius 2 is 2.00 bits per heavy atom. The minimum atomic E-state index is -0.473. The molecular formula is C17H23NO4. The zero-order valence-corrected chi connectivity index (χ0v) is 13.2. The number of nitrogens with one attached hydrogen (secondary N) is 1. The summed E-state index contributed by atoms with van der Waals surface area (Å²) in [6.07, 6.45) is 2.50. The van der Waals surface area contributed by atoms with Gasteiger partial charge in [-0.1, -0.05) is 32.4 Å². The van der Waals surface area contributed by atoms with Crippen LogP contribution in [0.5, 0.6) is 0 Å². The summed E-state index contributed by atoms with van der Waals surface area (Å²) < 4.78 is 10.4. The second-order valence-corrected chi connectivity index (χ2v) is 5.62. The predicted molar refractivity (Wildman–Crippen MR) is 83.8 cm³/mol. The summed E-state index contributed by atoms with van der Waals surface area (Å²) in [5.41, 5.74) is 0.409. The number of benzene rings is 1. The maximum Gasteiger partial charge on any atom is 0.340 e. The van der Waals surface area contributed by atoms with Crippen molar-refractivity contribution >= 4 is 17.6 Å². The Labute approximate surface area is 131 Å². The zero-order chi connectivity index (χ0) is 16.0. The van der Waals surface area contributed by atoms with Crippen LogP contribution < -0.4 is 5.32 Å². The first-order valence-corrected chi connectivity index (χ1v) is 7.78. The highest BCUT2D eigenvalue weighted by Crippen LogP contribution is 2.33. The quantitative estimate of drug-likeness (QED) is 0.621. The van der Waals surface area contributed by atoms with Crippen molar-refractivity contribution in [2.24, 2.45) is 5.41 Å². The lowest BCUT2D eigenvalue weighted by Gasteiger charge is -2.39. The van der Waals surface area contributed by atoms with Gasteiger partial charge in [-0.15, -0.1) is 0 Å². The molecular weight excluding hydrogens is 282 g/mol. The molecule has 0 unspecified atom stereocenters. The van der Waals surface area contributed by atoms with Gasteiger partial charge >= 0.3 is 5.97 Å². The van der Waals surface area contributed by atoms with Gasteiger partial charge in [-0.2, -0.15) is 0 Å². The highest BCUT2D eigenvalue weighted by Gasteiger charge is 2.44. The smallest absolute Gasteiger partial charge is 0.340 e. The molecule has 0 saturated carbocycles. The van der Waals surface area contributed by atoms with E-state index in [0.717, 1.165) is 12.8 Å². The summed E-state index contributed by atoms with van der Waals surface area (Å²) in [7, 11) is 0. The van der Waals surface area contributed by atoms with E-state index in [-0.39, 0.29) is 5.91 Å².